The molecule has 14 heavy (non-hydrogen) atoms. The highest BCUT2D eigenvalue weighted by Crippen LogP contribution is 2.47. The third kappa shape index (κ3) is 1.13. The summed E-state index contributed by atoms with van der Waals surface area (Å²) < 4.78 is 0. The Morgan fingerprint density at radius 3 is 2.64 bits per heavy atom. The molecule has 1 amide bonds. The topological polar surface area (TPSA) is 32.3 Å². The molecule has 4 aliphatic heterocycles. The van der Waals surface area contributed by atoms with Crippen LogP contribution in [0.1, 0.15) is 19.8 Å². The van der Waals surface area contributed by atoms with Gasteiger partial charge in [0.1, 0.15) is 4.87 Å². The second-order valence-electron chi connectivity index (χ2n) is 4.69. The summed E-state index contributed by atoms with van der Waals surface area (Å²) in [5.41, 5.74) is 0. The van der Waals surface area contributed by atoms with Gasteiger partial charge in [0, 0.05) is 6.54 Å². The fraction of sp³-hybridized carbons (Fsp3) is 0.900. The van der Waals surface area contributed by atoms with Crippen LogP contribution in [0.2, 0.25) is 0 Å². The molecule has 0 aliphatic carbocycles. The smallest absolute Gasteiger partial charge is 0.234 e. The molecule has 0 aromatic rings. The molecule has 4 heteroatoms. The van der Waals surface area contributed by atoms with E-state index in [4.69, 9.17) is 0 Å². The number of carbonyl (C=O) groups excluding carboxylic acids is 1. The zero-order chi connectivity index (χ0) is 9.76. The lowest BCUT2D eigenvalue weighted by Crippen LogP contribution is -2.62. The minimum atomic E-state index is 0.0764. The number of nitrogens with one attached hydrogen (secondary N) is 1. The summed E-state index contributed by atoms with van der Waals surface area (Å²) in [5.74, 6) is 0.954. The van der Waals surface area contributed by atoms with Gasteiger partial charge in [0.05, 0.1) is 5.25 Å². The first kappa shape index (κ1) is 9.04. The second-order valence-corrected chi connectivity index (χ2v) is 6.36. The van der Waals surface area contributed by atoms with Crippen LogP contribution < -0.4 is 5.32 Å². The van der Waals surface area contributed by atoms with Crippen molar-refractivity contribution in [3.63, 3.8) is 0 Å². The monoisotopic (exact) mass is 212 g/mol. The molecule has 4 saturated heterocycles. The molecular weight excluding hydrogens is 196 g/mol. The van der Waals surface area contributed by atoms with Crippen molar-refractivity contribution in [1.82, 2.24) is 10.2 Å². The van der Waals surface area contributed by atoms with Crippen molar-refractivity contribution in [2.24, 2.45) is 5.92 Å². The van der Waals surface area contributed by atoms with Crippen molar-refractivity contribution in [2.45, 2.75) is 29.9 Å². The van der Waals surface area contributed by atoms with E-state index in [0.29, 0.717) is 5.92 Å². The van der Waals surface area contributed by atoms with E-state index < -0.39 is 0 Å². The molecule has 4 aliphatic rings. The molecule has 2 atom stereocenters. The Balaban J connectivity index is 1.87. The fourth-order valence-corrected chi connectivity index (χ4v) is 4.64. The standard InChI is InChI=1S/C10H16N2OS/c1-7-9(13)11-10(14-7)6-12-4-2-8(10)3-5-12/h7-8H,2-6H2,1H3,(H,11,13)/t7-,10+/m1/s1. The van der Waals surface area contributed by atoms with E-state index in [1.165, 1.54) is 25.9 Å². The predicted octanol–water partition coefficient (Wildman–Crippen LogP) is 0.660. The average Bonchev–Trinajstić information content (AvgIpc) is 2.43. The van der Waals surface area contributed by atoms with Crippen molar-refractivity contribution in [3.05, 3.63) is 0 Å². The molecule has 1 spiro atoms. The van der Waals surface area contributed by atoms with Gasteiger partial charge in [-0.25, -0.2) is 0 Å². The van der Waals surface area contributed by atoms with E-state index in [0.717, 1.165) is 6.54 Å². The van der Waals surface area contributed by atoms with Gasteiger partial charge in [-0.2, -0.15) is 0 Å². The van der Waals surface area contributed by atoms with Crippen LogP contribution in [0, 0.1) is 5.92 Å². The first-order chi connectivity index (χ1) is 6.70. The van der Waals surface area contributed by atoms with Crippen LogP contribution in [0.4, 0.5) is 0 Å². The minimum Gasteiger partial charge on any atom is -0.339 e. The van der Waals surface area contributed by atoms with Crippen LogP contribution in [0.3, 0.4) is 0 Å². The van der Waals surface area contributed by atoms with Crippen molar-refractivity contribution < 1.29 is 4.79 Å². The number of amides is 1. The van der Waals surface area contributed by atoms with Crippen LogP contribution >= 0.6 is 11.8 Å². The van der Waals surface area contributed by atoms with Gasteiger partial charge < -0.3 is 10.2 Å². The number of rotatable bonds is 0. The van der Waals surface area contributed by atoms with Gasteiger partial charge in [-0.3, -0.25) is 4.79 Å². The summed E-state index contributed by atoms with van der Waals surface area (Å²) in [5, 5.41) is 3.38. The van der Waals surface area contributed by atoms with Gasteiger partial charge in [-0.15, -0.1) is 11.8 Å². The molecule has 0 unspecified atom stereocenters. The van der Waals surface area contributed by atoms with Crippen LogP contribution in [0.25, 0.3) is 0 Å². The Labute approximate surface area is 88.6 Å². The molecule has 2 bridgehead atoms. The largest absolute Gasteiger partial charge is 0.339 e. The third-order valence-corrected chi connectivity index (χ3v) is 5.35. The zero-order valence-electron chi connectivity index (χ0n) is 8.45. The first-order valence-electron chi connectivity index (χ1n) is 5.42. The van der Waals surface area contributed by atoms with Gasteiger partial charge in [-0.1, -0.05) is 0 Å². The number of thioether (sulfide) groups is 1. The van der Waals surface area contributed by atoms with Crippen molar-refractivity contribution in [1.29, 1.82) is 0 Å². The van der Waals surface area contributed by atoms with Crippen LogP contribution in [-0.4, -0.2) is 40.6 Å². The number of fused-ring (bicyclic) bond motifs is 2. The Hall–Kier alpha value is -0.220. The minimum absolute atomic E-state index is 0.0764. The lowest BCUT2D eigenvalue weighted by molar-refractivity contribution is -0.121. The van der Waals surface area contributed by atoms with Crippen LogP contribution in [-0.2, 0) is 4.79 Å². The predicted molar refractivity (Wildman–Crippen MR) is 57.1 cm³/mol. The number of hydrogen-bond acceptors (Lipinski definition) is 3. The molecule has 3 nitrogen and oxygen atoms in total. The van der Waals surface area contributed by atoms with E-state index in [1.54, 1.807) is 0 Å². The van der Waals surface area contributed by atoms with E-state index in [1.807, 2.05) is 18.7 Å². The Kier molecular flexibility index (Phi) is 1.86. The van der Waals surface area contributed by atoms with Gasteiger partial charge in [0.15, 0.2) is 0 Å². The van der Waals surface area contributed by atoms with Crippen LogP contribution in [0.5, 0.6) is 0 Å². The van der Waals surface area contributed by atoms with Crippen molar-refractivity contribution in [2.75, 3.05) is 19.6 Å². The van der Waals surface area contributed by atoms with Crippen molar-refractivity contribution >= 4 is 17.7 Å². The average molecular weight is 212 g/mol. The lowest BCUT2D eigenvalue weighted by atomic mass is 9.83. The number of hydrogen-bond donors (Lipinski definition) is 1. The summed E-state index contributed by atoms with van der Waals surface area (Å²) >= 11 is 1.86. The first-order valence-corrected chi connectivity index (χ1v) is 6.30. The summed E-state index contributed by atoms with van der Waals surface area (Å²) in [4.78, 5) is 14.1. The molecule has 0 aromatic carbocycles. The normalized spacial score (nSPS) is 51.2. The maximum atomic E-state index is 11.6. The SMILES string of the molecule is C[C@H]1S[C@]2(CN3CCC2CC3)NC1=O. The summed E-state index contributed by atoms with van der Waals surface area (Å²) in [6, 6.07) is 0. The molecule has 4 rings (SSSR count). The summed E-state index contributed by atoms with van der Waals surface area (Å²) in [6.07, 6.45) is 2.53. The molecule has 0 radical (unpaired) electrons. The molecule has 4 fully saturated rings. The van der Waals surface area contributed by atoms with Gasteiger partial charge in [-0.05, 0) is 38.8 Å². The lowest BCUT2D eigenvalue weighted by Gasteiger charge is -2.50. The highest BCUT2D eigenvalue weighted by Gasteiger charge is 2.53. The molecule has 0 aromatic heterocycles. The maximum Gasteiger partial charge on any atom is 0.234 e. The van der Waals surface area contributed by atoms with Gasteiger partial charge in [0.2, 0.25) is 5.91 Å². The number of nitrogens with zero attached hydrogens (tertiary/aromatic N) is 1. The molecule has 1 N–H and O–H groups in total. The second kappa shape index (κ2) is 2.89. The van der Waals surface area contributed by atoms with Gasteiger partial charge >= 0.3 is 0 Å². The summed E-state index contributed by atoms with van der Waals surface area (Å²) in [7, 11) is 0. The Morgan fingerprint density at radius 2 is 2.21 bits per heavy atom. The highest BCUT2D eigenvalue weighted by molar-refractivity contribution is 8.02. The molecule has 78 valence electrons. The van der Waals surface area contributed by atoms with E-state index in [2.05, 4.69) is 10.2 Å². The fourth-order valence-electron chi connectivity index (χ4n) is 3.00. The third-order valence-electron chi connectivity index (χ3n) is 3.80. The van der Waals surface area contributed by atoms with Crippen LogP contribution in [0.15, 0.2) is 0 Å². The quantitative estimate of drug-likeness (QED) is 0.640. The number of piperidine rings is 3. The van der Waals surface area contributed by atoms with E-state index >= 15 is 0 Å². The van der Waals surface area contributed by atoms with E-state index in [-0.39, 0.29) is 16.0 Å². The summed E-state index contributed by atoms with van der Waals surface area (Å²) in [6.45, 7) is 5.55. The van der Waals surface area contributed by atoms with Crippen molar-refractivity contribution in [3.8, 4) is 0 Å². The molecule has 0 saturated carbocycles. The zero-order valence-corrected chi connectivity index (χ0v) is 9.27. The Morgan fingerprint density at radius 1 is 1.50 bits per heavy atom. The molecular formula is C10H16N2OS. The highest BCUT2D eigenvalue weighted by atomic mass is 32.2. The van der Waals surface area contributed by atoms with E-state index in [9.17, 15) is 4.79 Å². The Bertz CT molecular complexity index is 275. The molecule has 4 heterocycles. The van der Waals surface area contributed by atoms with Gasteiger partial charge in [0.25, 0.3) is 0 Å². The maximum absolute atomic E-state index is 11.6. The number of carbonyl (C=O) groups is 1.